The Bertz CT molecular complexity index is 816. The third-order valence-corrected chi connectivity index (χ3v) is 6.66. The Morgan fingerprint density at radius 2 is 1.97 bits per heavy atom. The zero-order valence-electron chi connectivity index (χ0n) is 17.3. The predicted octanol–water partition coefficient (Wildman–Crippen LogP) is 3.70. The molecule has 2 fully saturated rings. The first-order valence-corrected chi connectivity index (χ1v) is 11.4. The summed E-state index contributed by atoms with van der Waals surface area (Å²) >= 11 is 1.24. The van der Waals surface area contributed by atoms with Crippen LogP contribution >= 0.6 is 11.5 Å². The summed E-state index contributed by atoms with van der Waals surface area (Å²) in [7, 11) is 0. The van der Waals surface area contributed by atoms with Crippen LogP contribution in [0.1, 0.15) is 49.2 Å². The molecule has 4 rings (SSSR count). The van der Waals surface area contributed by atoms with E-state index in [1.54, 1.807) is 5.38 Å². The molecule has 2 aliphatic rings. The van der Waals surface area contributed by atoms with Crippen molar-refractivity contribution in [2.45, 2.75) is 39.7 Å². The van der Waals surface area contributed by atoms with Crippen molar-refractivity contribution in [2.75, 3.05) is 32.8 Å². The maximum atomic E-state index is 12.6. The Balaban J connectivity index is 1.32. The lowest BCUT2D eigenvalue weighted by atomic mass is 9.77. The summed E-state index contributed by atoms with van der Waals surface area (Å²) < 4.78 is 9.85. The Hall–Kier alpha value is -1.99. The number of para-hydroxylation sites is 1. The summed E-state index contributed by atoms with van der Waals surface area (Å²) in [5.74, 6) is 1.57. The Morgan fingerprint density at radius 1 is 1.21 bits per heavy atom. The van der Waals surface area contributed by atoms with Crippen molar-refractivity contribution in [1.29, 1.82) is 0 Å². The number of likely N-dealkylation sites (tertiary alicyclic amines) is 2. The van der Waals surface area contributed by atoms with E-state index in [4.69, 9.17) is 4.74 Å². The van der Waals surface area contributed by atoms with Crippen molar-refractivity contribution in [3.8, 4) is 5.75 Å². The van der Waals surface area contributed by atoms with Gasteiger partial charge in [-0.3, -0.25) is 9.69 Å². The first kappa shape index (κ1) is 20.3. The smallest absolute Gasteiger partial charge is 0.275 e. The fourth-order valence-corrected chi connectivity index (χ4v) is 4.82. The lowest BCUT2D eigenvalue weighted by Crippen LogP contribution is -2.42. The van der Waals surface area contributed by atoms with Crippen LogP contribution in [0.25, 0.3) is 0 Å². The van der Waals surface area contributed by atoms with Gasteiger partial charge in [-0.05, 0) is 61.3 Å². The van der Waals surface area contributed by atoms with Gasteiger partial charge in [0, 0.05) is 30.6 Å². The molecule has 3 heterocycles. The number of rotatable bonds is 6. The molecule has 2 saturated heterocycles. The van der Waals surface area contributed by atoms with Crippen LogP contribution in [-0.2, 0) is 6.54 Å². The molecule has 1 aromatic heterocycles. The SMILES string of the molecule is CC(C)COc1ccccc1CN1CCC2(CC1)CCN(C(=O)c1csnn1)C2. The highest BCUT2D eigenvalue weighted by atomic mass is 32.1. The Morgan fingerprint density at radius 3 is 2.69 bits per heavy atom. The molecule has 0 unspecified atom stereocenters. The van der Waals surface area contributed by atoms with Crippen molar-refractivity contribution < 1.29 is 9.53 Å². The molecule has 0 bridgehead atoms. The largest absolute Gasteiger partial charge is 0.493 e. The standard InChI is InChI=1S/C22H30N4O2S/c1-17(2)14-28-20-6-4-3-5-18(20)13-25-10-7-22(8-11-25)9-12-26(16-22)21(27)19-15-29-24-23-19/h3-6,15,17H,7-14,16H2,1-2H3. The van der Waals surface area contributed by atoms with Crippen LogP contribution in [0.5, 0.6) is 5.75 Å². The molecule has 0 aliphatic carbocycles. The Kier molecular flexibility index (Phi) is 6.15. The van der Waals surface area contributed by atoms with E-state index in [2.05, 4.69) is 46.5 Å². The van der Waals surface area contributed by atoms with E-state index in [1.165, 1.54) is 17.1 Å². The molecular weight excluding hydrogens is 384 g/mol. The summed E-state index contributed by atoms with van der Waals surface area (Å²) in [6.07, 6.45) is 3.38. The van der Waals surface area contributed by atoms with E-state index < -0.39 is 0 Å². The highest BCUT2D eigenvalue weighted by molar-refractivity contribution is 7.03. The summed E-state index contributed by atoms with van der Waals surface area (Å²) in [5, 5.41) is 5.69. The number of hydrogen-bond donors (Lipinski definition) is 0. The van der Waals surface area contributed by atoms with E-state index in [9.17, 15) is 4.79 Å². The van der Waals surface area contributed by atoms with Gasteiger partial charge in [-0.15, -0.1) is 5.10 Å². The molecule has 1 aromatic carbocycles. The third-order valence-electron chi connectivity index (χ3n) is 6.16. The maximum Gasteiger partial charge on any atom is 0.275 e. The van der Waals surface area contributed by atoms with Gasteiger partial charge in [-0.2, -0.15) is 0 Å². The van der Waals surface area contributed by atoms with Crippen LogP contribution in [0.15, 0.2) is 29.6 Å². The number of carbonyl (C=O) groups excluding carboxylic acids is 1. The molecule has 6 nitrogen and oxygen atoms in total. The predicted molar refractivity (Wildman–Crippen MR) is 114 cm³/mol. The minimum Gasteiger partial charge on any atom is -0.493 e. The second-order valence-corrected chi connectivity index (χ2v) is 9.47. The summed E-state index contributed by atoms with van der Waals surface area (Å²) in [5.41, 5.74) is 2.02. The fourth-order valence-electron chi connectivity index (χ4n) is 4.39. The lowest BCUT2D eigenvalue weighted by molar-refractivity contribution is 0.0707. The minimum absolute atomic E-state index is 0.0364. The van der Waals surface area contributed by atoms with Gasteiger partial charge in [-0.1, -0.05) is 36.5 Å². The quantitative estimate of drug-likeness (QED) is 0.721. The topological polar surface area (TPSA) is 58.6 Å². The normalized spacial score (nSPS) is 19.2. The van der Waals surface area contributed by atoms with E-state index in [0.717, 1.165) is 64.3 Å². The number of hydrogen-bond acceptors (Lipinski definition) is 6. The van der Waals surface area contributed by atoms with Crippen LogP contribution in [-0.4, -0.2) is 58.1 Å². The molecule has 29 heavy (non-hydrogen) atoms. The van der Waals surface area contributed by atoms with Crippen molar-refractivity contribution in [2.24, 2.45) is 11.3 Å². The average Bonchev–Trinajstić information content (AvgIpc) is 3.40. The van der Waals surface area contributed by atoms with Gasteiger partial charge in [0.1, 0.15) is 5.75 Å². The van der Waals surface area contributed by atoms with Crippen molar-refractivity contribution in [3.63, 3.8) is 0 Å². The molecule has 2 aromatic rings. The monoisotopic (exact) mass is 414 g/mol. The number of benzene rings is 1. The minimum atomic E-state index is 0.0364. The average molecular weight is 415 g/mol. The van der Waals surface area contributed by atoms with Crippen molar-refractivity contribution in [3.05, 3.63) is 40.9 Å². The third kappa shape index (κ3) is 4.78. The van der Waals surface area contributed by atoms with Crippen LogP contribution in [0.4, 0.5) is 0 Å². The molecule has 0 atom stereocenters. The van der Waals surface area contributed by atoms with Gasteiger partial charge < -0.3 is 9.64 Å². The summed E-state index contributed by atoms with van der Waals surface area (Å²) in [6.45, 7) is 9.85. The van der Waals surface area contributed by atoms with Crippen LogP contribution in [0.3, 0.4) is 0 Å². The van der Waals surface area contributed by atoms with Crippen LogP contribution in [0.2, 0.25) is 0 Å². The Labute approximate surface area is 177 Å². The van der Waals surface area contributed by atoms with E-state index >= 15 is 0 Å². The molecule has 0 saturated carbocycles. The molecule has 2 aliphatic heterocycles. The molecular formula is C22H30N4O2S. The van der Waals surface area contributed by atoms with Crippen molar-refractivity contribution in [1.82, 2.24) is 19.4 Å². The molecule has 0 radical (unpaired) electrons. The fraction of sp³-hybridized carbons (Fsp3) is 0.591. The highest BCUT2D eigenvalue weighted by Gasteiger charge is 2.42. The number of carbonyl (C=O) groups is 1. The number of amides is 1. The molecule has 156 valence electrons. The molecule has 7 heteroatoms. The van der Waals surface area contributed by atoms with Gasteiger partial charge in [0.2, 0.25) is 0 Å². The zero-order chi connectivity index (χ0) is 20.3. The lowest BCUT2D eigenvalue weighted by Gasteiger charge is -2.39. The molecule has 0 N–H and O–H groups in total. The van der Waals surface area contributed by atoms with Crippen molar-refractivity contribution >= 4 is 17.4 Å². The second-order valence-electron chi connectivity index (χ2n) is 8.86. The first-order chi connectivity index (χ1) is 14.0. The number of nitrogens with zero attached hydrogens (tertiary/aromatic N) is 4. The van der Waals surface area contributed by atoms with E-state index in [-0.39, 0.29) is 11.3 Å². The number of piperidine rings is 1. The first-order valence-electron chi connectivity index (χ1n) is 10.5. The van der Waals surface area contributed by atoms with Gasteiger partial charge >= 0.3 is 0 Å². The van der Waals surface area contributed by atoms with Gasteiger partial charge in [0.25, 0.3) is 5.91 Å². The van der Waals surface area contributed by atoms with Crippen LogP contribution < -0.4 is 4.74 Å². The number of ether oxygens (including phenoxy) is 1. The van der Waals surface area contributed by atoms with Crippen LogP contribution in [0, 0.1) is 11.3 Å². The summed E-state index contributed by atoms with van der Waals surface area (Å²) in [4.78, 5) is 17.1. The highest BCUT2D eigenvalue weighted by Crippen LogP contribution is 2.41. The second kappa shape index (κ2) is 8.79. The maximum absolute atomic E-state index is 12.6. The zero-order valence-corrected chi connectivity index (χ0v) is 18.2. The van der Waals surface area contributed by atoms with Gasteiger partial charge in [-0.25, -0.2) is 0 Å². The van der Waals surface area contributed by atoms with Gasteiger partial charge in [0.15, 0.2) is 5.69 Å². The van der Waals surface area contributed by atoms with E-state index in [0.29, 0.717) is 11.6 Å². The molecule has 1 amide bonds. The van der Waals surface area contributed by atoms with E-state index in [1.807, 2.05) is 11.0 Å². The summed E-state index contributed by atoms with van der Waals surface area (Å²) in [6, 6.07) is 8.40. The van der Waals surface area contributed by atoms with Gasteiger partial charge in [0.05, 0.1) is 6.61 Å². The molecule has 1 spiro atoms. The number of aromatic nitrogens is 2.